The molecule has 1 aliphatic rings. The number of fused-ring (bicyclic) bond motifs is 1. The Bertz CT molecular complexity index is 495. The van der Waals surface area contributed by atoms with Crippen molar-refractivity contribution in [3.8, 4) is 0 Å². The van der Waals surface area contributed by atoms with Crippen LogP contribution in [0.3, 0.4) is 0 Å². The van der Waals surface area contributed by atoms with Gasteiger partial charge in [-0.2, -0.15) is 0 Å². The zero-order chi connectivity index (χ0) is 11.9. The van der Waals surface area contributed by atoms with Crippen LogP contribution in [0.2, 0.25) is 0 Å². The number of benzene rings is 1. The molecule has 1 aromatic rings. The first kappa shape index (κ1) is 10.4. The second kappa shape index (κ2) is 3.44. The molecule has 0 radical (unpaired) electrons. The third-order valence-electron chi connectivity index (χ3n) is 2.57. The number of ketones is 1. The number of carboxylic acid groups (broad SMARTS) is 1. The van der Waals surface area contributed by atoms with Crippen LogP contribution >= 0.6 is 0 Å². The van der Waals surface area contributed by atoms with Gasteiger partial charge in [-0.05, 0) is 19.1 Å². The normalized spacial score (nSPS) is 16.2. The number of para-hydroxylation sites is 1. The molecule has 1 heterocycles. The molecule has 0 spiro atoms. The Kier molecular flexibility index (Phi) is 2.23. The predicted molar refractivity (Wildman–Crippen MR) is 55.4 cm³/mol. The van der Waals surface area contributed by atoms with Crippen molar-refractivity contribution in [1.29, 1.82) is 0 Å². The number of carbonyl (C=O) groups is 3. The highest BCUT2D eigenvalue weighted by molar-refractivity contribution is 6.52. The molecule has 0 bridgehead atoms. The van der Waals surface area contributed by atoms with Gasteiger partial charge in [0.1, 0.15) is 6.04 Å². The van der Waals surface area contributed by atoms with Crippen molar-refractivity contribution in [1.82, 2.24) is 0 Å². The maximum atomic E-state index is 11.6. The molecule has 1 aliphatic heterocycles. The molecule has 5 heteroatoms. The number of rotatable bonds is 2. The van der Waals surface area contributed by atoms with Crippen molar-refractivity contribution in [2.75, 3.05) is 4.90 Å². The van der Waals surface area contributed by atoms with Crippen LogP contribution in [-0.2, 0) is 9.59 Å². The topological polar surface area (TPSA) is 74.7 Å². The third-order valence-corrected chi connectivity index (χ3v) is 2.57. The molecule has 1 amide bonds. The van der Waals surface area contributed by atoms with Gasteiger partial charge in [0, 0.05) is 0 Å². The Morgan fingerprint density at radius 2 is 1.94 bits per heavy atom. The van der Waals surface area contributed by atoms with Crippen molar-refractivity contribution in [3.63, 3.8) is 0 Å². The molecule has 0 fully saturated rings. The second-order valence-electron chi connectivity index (χ2n) is 3.54. The van der Waals surface area contributed by atoms with Gasteiger partial charge >= 0.3 is 5.97 Å². The molecular formula is C11H9NO4. The first-order chi connectivity index (χ1) is 7.54. The van der Waals surface area contributed by atoms with Crippen molar-refractivity contribution in [3.05, 3.63) is 29.8 Å². The Balaban J connectivity index is 2.53. The van der Waals surface area contributed by atoms with E-state index >= 15 is 0 Å². The van der Waals surface area contributed by atoms with E-state index in [1.165, 1.54) is 13.0 Å². The summed E-state index contributed by atoms with van der Waals surface area (Å²) in [6.45, 7) is 1.37. The van der Waals surface area contributed by atoms with Crippen molar-refractivity contribution < 1.29 is 19.5 Å². The molecule has 0 saturated heterocycles. The maximum absolute atomic E-state index is 11.6. The largest absolute Gasteiger partial charge is 0.480 e. The summed E-state index contributed by atoms with van der Waals surface area (Å²) in [6.07, 6.45) is 0. The molecule has 1 N–H and O–H groups in total. The number of carbonyl (C=O) groups excluding carboxylic acids is 2. The molecule has 2 rings (SSSR count). The molecule has 0 aromatic heterocycles. The van der Waals surface area contributed by atoms with Gasteiger partial charge in [-0.25, -0.2) is 4.79 Å². The minimum Gasteiger partial charge on any atom is -0.480 e. The van der Waals surface area contributed by atoms with Gasteiger partial charge < -0.3 is 5.11 Å². The average molecular weight is 219 g/mol. The second-order valence-corrected chi connectivity index (χ2v) is 3.54. The first-order valence-electron chi connectivity index (χ1n) is 4.73. The van der Waals surface area contributed by atoms with Crippen molar-refractivity contribution in [2.45, 2.75) is 13.0 Å². The van der Waals surface area contributed by atoms with Gasteiger partial charge in [-0.1, -0.05) is 12.1 Å². The van der Waals surface area contributed by atoms with Crippen LogP contribution < -0.4 is 4.90 Å². The van der Waals surface area contributed by atoms with Crippen LogP contribution in [0.15, 0.2) is 24.3 Å². The number of hydrogen-bond acceptors (Lipinski definition) is 3. The van der Waals surface area contributed by atoms with E-state index < -0.39 is 23.7 Å². The fourth-order valence-electron chi connectivity index (χ4n) is 1.70. The zero-order valence-electron chi connectivity index (χ0n) is 8.51. The van der Waals surface area contributed by atoms with E-state index in [-0.39, 0.29) is 5.56 Å². The summed E-state index contributed by atoms with van der Waals surface area (Å²) in [6, 6.07) is 5.34. The lowest BCUT2D eigenvalue weighted by Gasteiger charge is -2.20. The van der Waals surface area contributed by atoms with E-state index in [1.54, 1.807) is 18.2 Å². The van der Waals surface area contributed by atoms with Crippen LogP contribution in [0, 0.1) is 0 Å². The van der Waals surface area contributed by atoms with Crippen LogP contribution in [-0.4, -0.2) is 28.8 Å². The highest BCUT2D eigenvalue weighted by atomic mass is 16.4. The highest BCUT2D eigenvalue weighted by Crippen LogP contribution is 2.30. The van der Waals surface area contributed by atoms with Crippen LogP contribution in [0.5, 0.6) is 0 Å². The van der Waals surface area contributed by atoms with Gasteiger partial charge in [0.05, 0.1) is 11.3 Å². The van der Waals surface area contributed by atoms with E-state index in [4.69, 9.17) is 5.11 Å². The summed E-state index contributed by atoms with van der Waals surface area (Å²) in [4.78, 5) is 35.0. The maximum Gasteiger partial charge on any atom is 0.326 e. The molecule has 0 saturated carbocycles. The minimum absolute atomic E-state index is 0.264. The minimum atomic E-state index is -1.14. The first-order valence-corrected chi connectivity index (χ1v) is 4.73. The van der Waals surface area contributed by atoms with Gasteiger partial charge in [-0.3, -0.25) is 14.5 Å². The van der Waals surface area contributed by atoms with Gasteiger partial charge in [0.2, 0.25) is 0 Å². The molecule has 82 valence electrons. The molecule has 16 heavy (non-hydrogen) atoms. The third kappa shape index (κ3) is 1.29. The molecule has 1 aromatic carbocycles. The summed E-state index contributed by atoms with van der Waals surface area (Å²) in [5, 5.41) is 8.87. The van der Waals surface area contributed by atoms with E-state index in [0.29, 0.717) is 5.69 Å². The monoisotopic (exact) mass is 219 g/mol. The molecule has 5 nitrogen and oxygen atoms in total. The molecule has 0 aliphatic carbocycles. The standard InChI is InChI=1S/C11H9NO4/c1-6(11(15)16)12-8-5-3-2-4-7(8)9(13)10(12)14/h2-6H,1H3,(H,15,16). The molecule has 1 atom stereocenters. The fraction of sp³-hybridized carbons (Fsp3) is 0.182. The number of anilines is 1. The van der Waals surface area contributed by atoms with E-state index in [2.05, 4.69) is 0 Å². The fourth-order valence-corrected chi connectivity index (χ4v) is 1.70. The SMILES string of the molecule is CC(C(=O)O)N1C(=O)C(=O)c2ccccc21. The Morgan fingerprint density at radius 3 is 2.56 bits per heavy atom. The number of Topliss-reactive ketones (excluding diaryl/α,β-unsaturated/α-hetero) is 1. The quantitative estimate of drug-likeness (QED) is 0.742. The molecule has 1 unspecified atom stereocenters. The van der Waals surface area contributed by atoms with E-state index in [0.717, 1.165) is 4.90 Å². The average Bonchev–Trinajstić information content (AvgIpc) is 2.52. The zero-order valence-corrected chi connectivity index (χ0v) is 8.51. The Labute approximate surface area is 91.3 Å². The van der Waals surface area contributed by atoms with Crippen LogP contribution in [0.1, 0.15) is 17.3 Å². The van der Waals surface area contributed by atoms with Crippen LogP contribution in [0.4, 0.5) is 5.69 Å². The summed E-state index contributed by atoms with van der Waals surface area (Å²) in [7, 11) is 0. The number of amides is 1. The van der Waals surface area contributed by atoms with Crippen molar-refractivity contribution in [2.24, 2.45) is 0 Å². The predicted octanol–water partition coefficient (Wildman–Crippen LogP) is 0.689. The van der Waals surface area contributed by atoms with Crippen molar-refractivity contribution >= 4 is 23.3 Å². The van der Waals surface area contributed by atoms with E-state index in [9.17, 15) is 14.4 Å². The summed E-state index contributed by atoms with van der Waals surface area (Å²) in [5.41, 5.74) is 0.632. The smallest absolute Gasteiger partial charge is 0.326 e. The molecular weight excluding hydrogens is 210 g/mol. The Morgan fingerprint density at radius 1 is 1.31 bits per heavy atom. The Hall–Kier alpha value is -2.17. The summed E-state index contributed by atoms with van der Waals surface area (Å²) in [5.74, 6) is -2.57. The summed E-state index contributed by atoms with van der Waals surface area (Å²) >= 11 is 0. The van der Waals surface area contributed by atoms with Gasteiger partial charge in [-0.15, -0.1) is 0 Å². The highest BCUT2D eigenvalue weighted by Gasteiger charge is 2.40. The van der Waals surface area contributed by atoms with Gasteiger partial charge in [0.25, 0.3) is 11.7 Å². The lowest BCUT2D eigenvalue weighted by Crippen LogP contribution is -2.42. The van der Waals surface area contributed by atoms with Crippen LogP contribution in [0.25, 0.3) is 0 Å². The van der Waals surface area contributed by atoms with Gasteiger partial charge in [0.15, 0.2) is 0 Å². The lowest BCUT2D eigenvalue weighted by molar-refractivity contribution is -0.139. The number of carboxylic acids is 1. The number of nitrogens with zero attached hydrogens (tertiary/aromatic N) is 1. The van der Waals surface area contributed by atoms with E-state index in [1.807, 2.05) is 0 Å². The number of hydrogen-bond donors (Lipinski definition) is 1. The number of aliphatic carboxylic acids is 1. The summed E-state index contributed by atoms with van der Waals surface area (Å²) < 4.78 is 0. The lowest BCUT2D eigenvalue weighted by atomic mass is 10.1.